The molecule has 2 rings (SSSR count). The number of benzene rings is 1. The lowest BCUT2D eigenvalue weighted by Gasteiger charge is -2.16. The topological polar surface area (TPSA) is 12.0 Å². The van der Waals surface area contributed by atoms with Crippen LogP contribution in [0.2, 0.25) is 0 Å². The third kappa shape index (κ3) is 4.66. The molecule has 0 aliphatic heterocycles. The fourth-order valence-electron chi connectivity index (χ4n) is 2.65. The first kappa shape index (κ1) is 13.4. The zero-order valence-electron chi connectivity index (χ0n) is 11.5. The summed E-state index contributed by atoms with van der Waals surface area (Å²) in [7, 11) is 0. The summed E-state index contributed by atoms with van der Waals surface area (Å²) >= 11 is 0. The van der Waals surface area contributed by atoms with Gasteiger partial charge in [-0.15, -0.1) is 0 Å². The second-order valence-corrected chi connectivity index (χ2v) is 5.40. The lowest BCUT2D eigenvalue weighted by atomic mass is 9.97. The summed E-state index contributed by atoms with van der Waals surface area (Å²) in [5.41, 5.74) is 3.09. The van der Waals surface area contributed by atoms with Crippen molar-refractivity contribution in [3.8, 4) is 0 Å². The van der Waals surface area contributed by atoms with Gasteiger partial charge in [0.05, 0.1) is 0 Å². The lowest BCUT2D eigenvalue weighted by Crippen LogP contribution is -2.29. The fraction of sp³-hybridized carbons (Fsp3) is 0.529. The third-order valence-corrected chi connectivity index (χ3v) is 3.71. The first-order valence-corrected chi connectivity index (χ1v) is 7.30. The van der Waals surface area contributed by atoms with E-state index >= 15 is 0 Å². The van der Waals surface area contributed by atoms with Crippen LogP contribution in [0.5, 0.6) is 0 Å². The Bertz CT molecular complexity index is 366. The smallest absolute Gasteiger partial charge is 0.00792 e. The van der Waals surface area contributed by atoms with Gasteiger partial charge in [0.1, 0.15) is 0 Å². The van der Waals surface area contributed by atoms with Crippen molar-refractivity contribution in [3.63, 3.8) is 0 Å². The highest BCUT2D eigenvalue weighted by Crippen LogP contribution is 2.19. The number of nitrogens with one attached hydrogen (secondary N) is 1. The Balaban J connectivity index is 1.65. The quantitative estimate of drug-likeness (QED) is 0.742. The van der Waals surface area contributed by atoms with Crippen LogP contribution in [0, 0.1) is 0 Å². The predicted molar refractivity (Wildman–Crippen MR) is 78.8 cm³/mol. The minimum absolute atomic E-state index is 0.566. The second-order valence-electron chi connectivity index (χ2n) is 5.40. The molecule has 1 heteroatoms. The maximum atomic E-state index is 3.64. The van der Waals surface area contributed by atoms with Crippen molar-refractivity contribution in [2.45, 2.75) is 51.5 Å². The van der Waals surface area contributed by atoms with Gasteiger partial charge < -0.3 is 5.32 Å². The van der Waals surface area contributed by atoms with Crippen molar-refractivity contribution in [1.82, 2.24) is 5.32 Å². The second kappa shape index (κ2) is 7.38. The molecule has 1 unspecified atom stereocenters. The van der Waals surface area contributed by atoms with Crippen molar-refractivity contribution in [1.29, 1.82) is 0 Å². The Morgan fingerprint density at radius 2 is 2.00 bits per heavy atom. The maximum Gasteiger partial charge on any atom is 0.00792 e. The van der Waals surface area contributed by atoms with E-state index in [2.05, 4.69) is 48.6 Å². The molecule has 0 heterocycles. The molecule has 0 radical (unpaired) electrons. The van der Waals surface area contributed by atoms with E-state index in [1.165, 1.54) is 37.7 Å². The van der Waals surface area contributed by atoms with Crippen molar-refractivity contribution in [2.75, 3.05) is 6.54 Å². The van der Waals surface area contributed by atoms with Crippen LogP contribution in [0.3, 0.4) is 0 Å². The normalized spacial score (nSPS) is 17.3. The summed E-state index contributed by atoms with van der Waals surface area (Å²) in [6.45, 7) is 3.40. The van der Waals surface area contributed by atoms with Gasteiger partial charge in [-0.05, 0) is 57.6 Å². The minimum atomic E-state index is 0.566. The van der Waals surface area contributed by atoms with Gasteiger partial charge >= 0.3 is 0 Å². The van der Waals surface area contributed by atoms with E-state index in [1.54, 1.807) is 5.57 Å². The molecule has 98 valence electrons. The molecular formula is C17H25N. The summed E-state index contributed by atoms with van der Waals surface area (Å²) in [5, 5.41) is 3.64. The standard InChI is InChI=1S/C17H25N/c1-15(14-17-10-6-3-7-11-17)18-13-12-16-8-4-2-5-9-16/h3,6-8,10-11,15,18H,2,4-5,9,12-14H2,1H3. The van der Waals surface area contributed by atoms with Crippen molar-refractivity contribution >= 4 is 0 Å². The molecule has 0 fully saturated rings. The molecule has 1 atom stereocenters. The Kier molecular flexibility index (Phi) is 5.47. The van der Waals surface area contributed by atoms with Crippen molar-refractivity contribution in [2.24, 2.45) is 0 Å². The van der Waals surface area contributed by atoms with Crippen LogP contribution >= 0.6 is 0 Å². The van der Waals surface area contributed by atoms with Crippen LogP contribution in [0.15, 0.2) is 42.0 Å². The summed E-state index contributed by atoms with van der Waals surface area (Å²) in [6, 6.07) is 11.3. The van der Waals surface area contributed by atoms with Crippen LogP contribution in [-0.4, -0.2) is 12.6 Å². The molecule has 0 aromatic heterocycles. The summed E-state index contributed by atoms with van der Waals surface area (Å²) in [4.78, 5) is 0. The molecule has 0 saturated carbocycles. The zero-order chi connectivity index (χ0) is 12.6. The molecule has 1 aromatic rings. The van der Waals surface area contributed by atoms with E-state index in [4.69, 9.17) is 0 Å². The fourth-order valence-corrected chi connectivity index (χ4v) is 2.65. The van der Waals surface area contributed by atoms with E-state index in [0.29, 0.717) is 6.04 Å². The SMILES string of the molecule is CC(Cc1ccccc1)NCCC1=CCCCC1. The van der Waals surface area contributed by atoms with E-state index in [0.717, 1.165) is 13.0 Å². The van der Waals surface area contributed by atoms with Gasteiger partial charge in [0.2, 0.25) is 0 Å². The predicted octanol–water partition coefficient (Wildman–Crippen LogP) is 4.10. The summed E-state index contributed by atoms with van der Waals surface area (Å²) in [5.74, 6) is 0. The number of rotatable bonds is 6. The Morgan fingerprint density at radius 3 is 2.72 bits per heavy atom. The highest BCUT2D eigenvalue weighted by atomic mass is 14.9. The average Bonchev–Trinajstić information content (AvgIpc) is 2.41. The van der Waals surface area contributed by atoms with Gasteiger partial charge in [0.25, 0.3) is 0 Å². The van der Waals surface area contributed by atoms with Crippen LogP contribution < -0.4 is 5.32 Å². The molecule has 0 spiro atoms. The Labute approximate surface area is 111 Å². The third-order valence-electron chi connectivity index (χ3n) is 3.71. The van der Waals surface area contributed by atoms with E-state index < -0.39 is 0 Å². The van der Waals surface area contributed by atoms with Crippen LogP contribution in [0.4, 0.5) is 0 Å². The Hall–Kier alpha value is -1.08. The first-order chi connectivity index (χ1) is 8.84. The van der Waals surface area contributed by atoms with Gasteiger partial charge in [-0.3, -0.25) is 0 Å². The number of hydrogen-bond donors (Lipinski definition) is 1. The molecule has 18 heavy (non-hydrogen) atoms. The monoisotopic (exact) mass is 243 g/mol. The molecule has 0 bridgehead atoms. The van der Waals surface area contributed by atoms with Gasteiger partial charge in [-0.25, -0.2) is 0 Å². The molecule has 1 N–H and O–H groups in total. The largest absolute Gasteiger partial charge is 0.314 e. The van der Waals surface area contributed by atoms with E-state index in [-0.39, 0.29) is 0 Å². The zero-order valence-corrected chi connectivity index (χ0v) is 11.5. The Morgan fingerprint density at radius 1 is 1.17 bits per heavy atom. The molecular weight excluding hydrogens is 218 g/mol. The first-order valence-electron chi connectivity index (χ1n) is 7.30. The summed E-state index contributed by atoms with van der Waals surface area (Å²) < 4.78 is 0. The van der Waals surface area contributed by atoms with E-state index in [1.807, 2.05) is 0 Å². The number of hydrogen-bond acceptors (Lipinski definition) is 1. The van der Waals surface area contributed by atoms with Gasteiger partial charge in [0, 0.05) is 6.04 Å². The highest BCUT2D eigenvalue weighted by molar-refractivity contribution is 5.15. The van der Waals surface area contributed by atoms with Crippen molar-refractivity contribution in [3.05, 3.63) is 47.5 Å². The van der Waals surface area contributed by atoms with Gasteiger partial charge in [0.15, 0.2) is 0 Å². The van der Waals surface area contributed by atoms with Crippen LogP contribution in [-0.2, 0) is 6.42 Å². The van der Waals surface area contributed by atoms with Gasteiger partial charge in [-0.1, -0.05) is 42.0 Å². The maximum absolute atomic E-state index is 3.64. The van der Waals surface area contributed by atoms with Crippen LogP contribution in [0.1, 0.15) is 44.6 Å². The molecule has 0 amide bonds. The average molecular weight is 243 g/mol. The van der Waals surface area contributed by atoms with Crippen molar-refractivity contribution < 1.29 is 0 Å². The molecule has 1 aromatic carbocycles. The minimum Gasteiger partial charge on any atom is -0.314 e. The molecule has 1 aliphatic rings. The van der Waals surface area contributed by atoms with E-state index in [9.17, 15) is 0 Å². The van der Waals surface area contributed by atoms with Gasteiger partial charge in [-0.2, -0.15) is 0 Å². The molecule has 1 nitrogen and oxygen atoms in total. The summed E-state index contributed by atoms with van der Waals surface area (Å²) in [6.07, 6.45) is 10.2. The lowest BCUT2D eigenvalue weighted by molar-refractivity contribution is 0.539. The molecule has 1 aliphatic carbocycles. The van der Waals surface area contributed by atoms with Crippen LogP contribution in [0.25, 0.3) is 0 Å². The number of allylic oxidation sites excluding steroid dienone is 1. The highest BCUT2D eigenvalue weighted by Gasteiger charge is 2.05. The molecule has 0 saturated heterocycles.